The van der Waals surface area contributed by atoms with Gasteiger partial charge in [0.25, 0.3) is 5.91 Å². The number of carbonyl (C=O) groups is 1. The zero-order valence-corrected chi connectivity index (χ0v) is 18.2. The van der Waals surface area contributed by atoms with Gasteiger partial charge in [0, 0.05) is 23.7 Å². The molecule has 0 radical (unpaired) electrons. The predicted molar refractivity (Wildman–Crippen MR) is 124 cm³/mol. The molecule has 4 aromatic rings. The molecule has 3 aromatic carbocycles. The number of hydrogen-bond acceptors (Lipinski definition) is 4. The molecule has 0 aliphatic rings. The van der Waals surface area contributed by atoms with E-state index in [2.05, 4.69) is 4.90 Å². The number of rotatable bonds is 5. The first-order chi connectivity index (χ1) is 13.9. The van der Waals surface area contributed by atoms with E-state index in [1.807, 2.05) is 75.6 Å². The summed E-state index contributed by atoms with van der Waals surface area (Å²) in [4.78, 5) is 22.1. The maximum Gasteiger partial charge on any atom is 0.260 e. The minimum atomic E-state index is -0.0413. The van der Waals surface area contributed by atoms with E-state index in [0.717, 1.165) is 33.1 Å². The van der Waals surface area contributed by atoms with Crippen molar-refractivity contribution in [3.8, 4) is 0 Å². The second-order valence-corrected chi connectivity index (χ2v) is 8.83. The first-order valence-corrected chi connectivity index (χ1v) is 10.6. The summed E-state index contributed by atoms with van der Waals surface area (Å²) in [5.74, 6) is -0.0413. The maximum atomic E-state index is 13.5. The summed E-state index contributed by atoms with van der Waals surface area (Å²) in [5, 5.41) is 3.56. The Morgan fingerprint density at radius 3 is 2.55 bits per heavy atom. The van der Waals surface area contributed by atoms with E-state index in [1.54, 1.807) is 4.90 Å². The summed E-state index contributed by atoms with van der Waals surface area (Å²) >= 11 is 7.72. The van der Waals surface area contributed by atoms with E-state index in [-0.39, 0.29) is 5.91 Å². The molecular formula is C23H22ClN3OS. The number of aryl methyl sites for hydroxylation is 1. The molecule has 1 amide bonds. The van der Waals surface area contributed by atoms with Crippen molar-refractivity contribution in [2.75, 3.05) is 32.1 Å². The summed E-state index contributed by atoms with van der Waals surface area (Å²) in [6, 6.07) is 17.7. The number of carbonyl (C=O) groups excluding carboxylic acids is 1. The molecular weight excluding hydrogens is 402 g/mol. The molecule has 1 aromatic heterocycles. The molecule has 29 heavy (non-hydrogen) atoms. The molecule has 0 spiro atoms. The summed E-state index contributed by atoms with van der Waals surface area (Å²) in [6.45, 7) is 3.30. The van der Waals surface area contributed by atoms with Crippen LogP contribution in [0.4, 0.5) is 5.13 Å². The molecule has 0 unspecified atom stereocenters. The van der Waals surface area contributed by atoms with Gasteiger partial charge < -0.3 is 4.90 Å². The third kappa shape index (κ3) is 4.13. The second kappa shape index (κ2) is 8.11. The van der Waals surface area contributed by atoms with Crippen LogP contribution in [-0.4, -0.2) is 43.0 Å². The Bertz CT molecular complexity index is 1200. The Morgan fingerprint density at radius 2 is 1.79 bits per heavy atom. The van der Waals surface area contributed by atoms with Crippen molar-refractivity contribution in [2.45, 2.75) is 6.92 Å². The highest BCUT2D eigenvalue weighted by Gasteiger charge is 2.22. The summed E-state index contributed by atoms with van der Waals surface area (Å²) in [6.07, 6.45) is 0. The first kappa shape index (κ1) is 19.8. The third-order valence-electron chi connectivity index (χ3n) is 4.88. The number of nitrogens with zero attached hydrogens (tertiary/aromatic N) is 3. The zero-order chi connectivity index (χ0) is 20.5. The second-order valence-electron chi connectivity index (χ2n) is 7.39. The van der Waals surface area contributed by atoms with Gasteiger partial charge in [-0.15, -0.1) is 0 Å². The number of benzene rings is 3. The number of thiazole rings is 1. The van der Waals surface area contributed by atoms with E-state index in [1.165, 1.54) is 11.3 Å². The van der Waals surface area contributed by atoms with Gasteiger partial charge in [0.1, 0.15) is 0 Å². The quantitative estimate of drug-likeness (QED) is 0.418. The van der Waals surface area contributed by atoms with Crippen LogP contribution in [-0.2, 0) is 0 Å². The van der Waals surface area contributed by atoms with Crippen molar-refractivity contribution < 1.29 is 4.79 Å². The number of hydrogen-bond donors (Lipinski definition) is 0. The van der Waals surface area contributed by atoms with Gasteiger partial charge >= 0.3 is 0 Å². The fourth-order valence-electron chi connectivity index (χ4n) is 3.32. The molecule has 4 rings (SSSR count). The van der Waals surface area contributed by atoms with Crippen molar-refractivity contribution in [2.24, 2.45) is 0 Å². The van der Waals surface area contributed by atoms with Crippen molar-refractivity contribution in [1.82, 2.24) is 9.88 Å². The van der Waals surface area contributed by atoms with Gasteiger partial charge in [-0.25, -0.2) is 4.98 Å². The highest BCUT2D eigenvalue weighted by Crippen LogP contribution is 2.33. The molecule has 0 aliphatic carbocycles. The number of amides is 1. The maximum absolute atomic E-state index is 13.5. The Morgan fingerprint density at radius 1 is 1.03 bits per heavy atom. The molecule has 0 aliphatic heterocycles. The number of fused-ring (bicyclic) bond motifs is 2. The lowest BCUT2D eigenvalue weighted by molar-refractivity contribution is 0.0985. The average molecular weight is 424 g/mol. The van der Waals surface area contributed by atoms with Crippen molar-refractivity contribution in [3.63, 3.8) is 0 Å². The van der Waals surface area contributed by atoms with Gasteiger partial charge in [-0.1, -0.05) is 53.3 Å². The molecule has 0 fully saturated rings. The molecule has 0 atom stereocenters. The first-order valence-electron chi connectivity index (χ1n) is 9.44. The lowest BCUT2D eigenvalue weighted by Gasteiger charge is -2.22. The van der Waals surface area contributed by atoms with E-state index in [0.29, 0.717) is 22.3 Å². The molecule has 0 saturated carbocycles. The van der Waals surface area contributed by atoms with E-state index < -0.39 is 0 Å². The molecule has 1 heterocycles. The number of anilines is 1. The van der Waals surface area contributed by atoms with Gasteiger partial charge in [-0.05, 0) is 61.6 Å². The fourth-order valence-corrected chi connectivity index (χ4v) is 4.77. The number of halogens is 1. The third-order valence-corrected chi connectivity index (χ3v) is 6.13. The summed E-state index contributed by atoms with van der Waals surface area (Å²) < 4.78 is 0.992. The van der Waals surface area contributed by atoms with Crippen LogP contribution in [0.3, 0.4) is 0 Å². The van der Waals surface area contributed by atoms with Gasteiger partial charge in [-0.2, -0.15) is 0 Å². The molecule has 4 nitrogen and oxygen atoms in total. The zero-order valence-electron chi connectivity index (χ0n) is 16.6. The molecule has 0 bridgehead atoms. The Balaban J connectivity index is 1.76. The van der Waals surface area contributed by atoms with Crippen LogP contribution in [0, 0.1) is 6.92 Å². The van der Waals surface area contributed by atoms with Gasteiger partial charge in [0.15, 0.2) is 5.13 Å². The molecule has 0 N–H and O–H groups in total. The molecule has 6 heteroatoms. The van der Waals surface area contributed by atoms with Crippen LogP contribution < -0.4 is 4.90 Å². The van der Waals surface area contributed by atoms with E-state index in [9.17, 15) is 4.79 Å². The number of aromatic nitrogens is 1. The minimum Gasteiger partial charge on any atom is -0.308 e. The van der Waals surface area contributed by atoms with Gasteiger partial charge in [0.2, 0.25) is 0 Å². The normalized spacial score (nSPS) is 11.5. The van der Waals surface area contributed by atoms with Gasteiger partial charge in [0.05, 0.1) is 10.2 Å². The smallest absolute Gasteiger partial charge is 0.260 e. The van der Waals surface area contributed by atoms with Crippen LogP contribution in [0.25, 0.3) is 21.0 Å². The predicted octanol–water partition coefficient (Wildman–Crippen LogP) is 5.62. The van der Waals surface area contributed by atoms with Crippen LogP contribution in [0.2, 0.25) is 5.02 Å². The number of likely N-dealkylation sites (N-methyl/N-ethyl adjacent to an activating group) is 1. The largest absolute Gasteiger partial charge is 0.308 e. The minimum absolute atomic E-state index is 0.0413. The Labute approximate surface area is 179 Å². The van der Waals surface area contributed by atoms with Gasteiger partial charge in [-0.3, -0.25) is 9.69 Å². The van der Waals surface area contributed by atoms with Crippen molar-refractivity contribution in [1.29, 1.82) is 0 Å². The van der Waals surface area contributed by atoms with Crippen molar-refractivity contribution in [3.05, 3.63) is 70.7 Å². The molecule has 0 saturated heterocycles. The van der Waals surface area contributed by atoms with E-state index >= 15 is 0 Å². The average Bonchev–Trinajstić information content (AvgIpc) is 3.11. The highest BCUT2D eigenvalue weighted by atomic mass is 35.5. The lowest BCUT2D eigenvalue weighted by atomic mass is 10.1. The summed E-state index contributed by atoms with van der Waals surface area (Å²) in [7, 11) is 4.00. The Hall–Kier alpha value is -2.47. The standard InChI is InChI=1S/C23H22ClN3OS/c1-15-12-19(24)14-20-21(15)25-23(29-20)27(11-10-26(2)3)22(28)18-9-8-16-6-4-5-7-17(16)13-18/h4-9,12-14H,10-11H2,1-3H3. The monoisotopic (exact) mass is 423 g/mol. The summed E-state index contributed by atoms with van der Waals surface area (Å²) in [5.41, 5.74) is 2.58. The SMILES string of the molecule is Cc1cc(Cl)cc2sc(N(CCN(C)C)C(=O)c3ccc4ccccc4c3)nc12. The van der Waals surface area contributed by atoms with Crippen LogP contribution >= 0.6 is 22.9 Å². The van der Waals surface area contributed by atoms with Crippen LogP contribution in [0.1, 0.15) is 15.9 Å². The Kier molecular flexibility index (Phi) is 5.54. The van der Waals surface area contributed by atoms with Crippen LogP contribution in [0.15, 0.2) is 54.6 Å². The van der Waals surface area contributed by atoms with Crippen LogP contribution in [0.5, 0.6) is 0 Å². The highest BCUT2D eigenvalue weighted by molar-refractivity contribution is 7.22. The van der Waals surface area contributed by atoms with E-state index in [4.69, 9.17) is 16.6 Å². The molecule has 148 valence electrons. The lowest BCUT2D eigenvalue weighted by Crippen LogP contribution is -2.36. The topological polar surface area (TPSA) is 36.4 Å². The van der Waals surface area contributed by atoms with Crippen molar-refractivity contribution >= 4 is 55.0 Å². The fraction of sp³-hybridized carbons (Fsp3) is 0.217.